The van der Waals surface area contributed by atoms with Crippen LogP contribution in [0.1, 0.15) is 45.5 Å². The molecule has 3 aromatic rings. The molecule has 4 rings (SSSR count). The van der Waals surface area contributed by atoms with E-state index in [0.717, 1.165) is 17.0 Å². The molecule has 3 heterocycles. The van der Waals surface area contributed by atoms with Gasteiger partial charge in [0.25, 0.3) is 5.91 Å². The first-order valence-electron chi connectivity index (χ1n) is 8.51. The fraction of sp³-hybridized carbons (Fsp3) is 0.316. The lowest BCUT2D eigenvalue weighted by atomic mass is 10.00. The number of hydrogen-bond donors (Lipinski definition) is 1. The molecule has 6 nitrogen and oxygen atoms in total. The van der Waals surface area contributed by atoms with Gasteiger partial charge >= 0.3 is 0 Å². The molecule has 1 amide bonds. The van der Waals surface area contributed by atoms with Crippen molar-refractivity contribution < 1.29 is 9.53 Å². The van der Waals surface area contributed by atoms with Crippen LogP contribution < -0.4 is 10.1 Å². The normalized spacial score (nSPS) is 16.2. The minimum atomic E-state index is -0.187. The Morgan fingerprint density at radius 3 is 2.96 bits per heavy atom. The van der Waals surface area contributed by atoms with Crippen molar-refractivity contribution in [1.29, 1.82) is 0 Å². The molecule has 0 fully saturated rings. The molecule has 134 valence electrons. The highest BCUT2D eigenvalue weighted by Crippen LogP contribution is 2.37. The van der Waals surface area contributed by atoms with Gasteiger partial charge in [0.05, 0.1) is 23.4 Å². The van der Waals surface area contributed by atoms with Crippen LogP contribution in [-0.2, 0) is 0 Å². The number of ether oxygens (including phenoxy) is 1. The molecule has 0 radical (unpaired) electrons. The first-order valence-corrected chi connectivity index (χ1v) is 8.89. The van der Waals surface area contributed by atoms with Gasteiger partial charge in [-0.2, -0.15) is 5.10 Å². The van der Waals surface area contributed by atoms with Crippen molar-refractivity contribution in [3.63, 3.8) is 0 Å². The molecule has 0 saturated heterocycles. The number of halogens is 1. The lowest BCUT2D eigenvalue weighted by Gasteiger charge is -2.27. The van der Waals surface area contributed by atoms with Gasteiger partial charge in [-0.05, 0) is 32.9 Å². The zero-order valence-electron chi connectivity index (χ0n) is 14.8. The highest BCUT2D eigenvalue weighted by molar-refractivity contribution is 6.32. The van der Waals surface area contributed by atoms with Crippen molar-refractivity contribution in [2.75, 3.05) is 6.61 Å². The van der Waals surface area contributed by atoms with E-state index in [0.29, 0.717) is 40.7 Å². The smallest absolute Gasteiger partial charge is 0.257 e. The standard InChI is InChI=1S/C19H19ClN4O2/c1-10-9-11(2)24-18(21-10)16(12(3)23-24)19(25)22-15-7-8-26-17-13(15)5-4-6-14(17)20/h4-6,9,15H,7-8H2,1-3H3,(H,22,25). The summed E-state index contributed by atoms with van der Waals surface area (Å²) in [6.07, 6.45) is 0.683. The first-order chi connectivity index (χ1) is 12.5. The second kappa shape index (κ2) is 6.29. The molecule has 0 saturated carbocycles. The SMILES string of the molecule is Cc1cc(C)n2nc(C)c(C(=O)NC3CCOc4c(Cl)cccc43)c2n1. The number of carbonyl (C=O) groups excluding carboxylic acids is 1. The van der Waals surface area contributed by atoms with Gasteiger partial charge in [0.15, 0.2) is 5.65 Å². The third kappa shape index (κ3) is 2.70. The maximum atomic E-state index is 13.0. The van der Waals surface area contributed by atoms with Gasteiger partial charge in [-0.3, -0.25) is 4.79 Å². The summed E-state index contributed by atoms with van der Waals surface area (Å²) in [6, 6.07) is 7.36. The Bertz CT molecular complexity index is 1030. The number of nitrogens with zero attached hydrogens (tertiary/aromatic N) is 3. The molecule has 7 heteroatoms. The van der Waals surface area contributed by atoms with Crippen LogP contribution >= 0.6 is 11.6 Å². The number of aromatic nitrogens is 3. The lowest BCUT2D eigenvalue weighted by molar-refractivity contribution is 0.0925. The Kier molecular flexibility index (Phi) is 4.07. The molecule has 1 unspecified atom stereocenters. The molecule has 0 bridgehead atoms. The van der Waals surface area contributed by atoms with Crippen molar-refractivity contribution in [1.82, 2.24) is 19.9 Å². The average Bonchev–Trinajstić information content (AvgIpc) is 2.92. The molecule has 1 aliphatic heterocycles. The number of amides is 1. The monoisotopic (exact) mass is 370 g/mol. The van der Waals surface area contributed by atoms with E-state index in [9.17, 15) is 4.79 Å². The summed E-state index contributed by atoms with van der Waals surface area (Å²) in [5, 5.41) is 8.14. The number of hydrogen-bond acceptors (Lipinski definition) is 4. The Morgan fingerprint density at radius 2 is 2.15 bits per heavy atom. The minimum absolute atomic E-state index is 0.162. The average molecular weight is 371 g/mol. The van der Waals surface area contributed by atoms with E-state index < -0.39 is 0 Å². The van der Waals surface area contributed by atoms with Gasteiger partial charge in [-0.25, -0.2) is 9.50 Å². The summed E-state index contributed by atoms with van der Waals surface area (Å²) < 4.78 is 7.38. The molecular formula is C19H19ClN4O2. The van der Waals surface area contributed by atoms with Gasteiger partial charge in [0.2, 0.25) is 0 Å². The van der Waals surface area contributed by atoms with Gasteiger partial charge in [0.1, 0.15) is 11.3 Å². The van der Waals surface area contributed by atoms with E-state index in [4.69, 9.17) is 16.3 Å². The third-order valence-corrected chi connectivity index (χ3v) is 4.93. The zero-order chi connectivity index (χ0) is 18.4. The van der Waals surface area contributed by atoms with Crippen molar-refractivity contribution in [2.45, 2.75) is 33.2 Å². The molecule has 1 aromatic carbocycles. The van der Waals surface area contributed by atoms with Crippen LogP contribution in [0, 0.1) is 20.8 Å². The Morgan fingerprint density at radius 1 is 1.35 bits per heavy atom. The number of aryl methyl sites for hydroxylation is 3. The van der Waals surface area contributed by atoms with E-state index in [1.807, 2.05) is 39.0 Å². The van der Waals surface area contributed by atoms with Crippen LogP contribution in [-0.4, -0.2) is 27.1 Å². The van der Waals surface area contributed by atoms with Crippen molar-refractivity contribution in [3.8, 4) is 5.75 Å². The second-order valence-electron chi connectivity index (χ2n) is 6.56. The quantitative estimate of drug-likeness (QED) is 0.748. The summed E-state index contributed by atoms with van der Waals surface area (Å²) >= 11 is 6.22. The van der Waals surface area contributed by atoms with Crippen LogP contribution in [0.25, 0.3) is 5.65 Å². The molecule has 0 spiro atoms. The summed E-state index contributed by atoms with van der Waals surface area (Å²) in [7, 11) is 0. The van der Waals surface area contributed by atoms with Gasteiger partial charge < -0.3 is 10.1 Å². The zero-order valence-corrected chi connectivity index (χ0v) is 15.6. The van der Waals surface area contributed by atoms with Crippen LogP contribution in [0.5, 0.6) is 5.75 Å². The lowest BCUT2D eigenvalue weighted by Crippen LogP contribution is -2.32. The molecule has 26 heavy (non-hydrogen) atoms. The van der Waals surface area contributed by atoms with Gasteiger partial charge in [-0.15, -0.1) is 0 Å². The van der Waals surface area contributed by atoms with E-state index in [-0.39, 0.29) is 11.9 Å². The fourth-order valence-corrected chi connectivity index (χ4v) is 3.70. The molecule has 1 atom stereocenters. The highest BCUT2D eigenvalue weighted by atomic mass is 35.5. The van der Waals surface area contributed by atoms with Gasteiger partial charge in [-0.1, -0.05) is 23.7 Å². The largest absolute Gasteiger partial charge is 0.492 e. The maximum Gasteiger partial charge on any atom is 0.257 e. The fourth-order valence-electron chi connectivity index (χ4n) is 3.46. The Labute approximate surface area is 156 Å². The molecule has 2 aromatic heterocycles. The summed E-state index contributed by atoms with van der Waals surface area (Å²) in [4.78, 5) is 17.6. The first kappa shape index (κ1) is 16.8. The molecule has 0 aliphatic carbocycles. The van der Waals surface area contributed by atoms with Crippen LogP contribution in [0.4, 0.5) is 0 Å². The van der Waals surface area contributed by atoms with Crippen molar-refractivity contribution >= 4 is 23.2 Å². The van der Waals surface area contributed by atoms with Crippen molar-refractivity contribution in [2.24, 2.45) is 0 Å². The van der Waals surface area contributed by atoms with Crippen LogP contribution in [0.2, 0.25) is 5.02 Å². The Hall–Kier alpha value is -2.60. The molecule has 1 aliphatic rings. The minimum Gasteiger partial charge on any atom is -0.492 e. The second-order valence-corrected chi connectivity index (χ2v) is 6.96. The summed E-state index contributed by atoms with van der Waals surface area (Å²) in [5.41, 5.74) is 4.43. The van der Waals surface area contributed by atoms with E-state index in [1.165, 1.54) is 0 Å². The number of benzene rings is 1. The summed E-state index contributed by atoms with van der Waals surface area (Å²) in [5.74, 6) is 0.458. The number of carbonyl (C=O) groups is 1. The molecule has 1 N–H and O–H groups in total. The Balaban J connectivity index is 1.72. The predicted octanol–water partition coefficient (Wildman–Crippen LogP) is 3.56. The number of nitrogens with one attached hydrogen (secondary N) is 1. The number of rotatable bonds is 2. The third-order valence-electron chi connectivity index (χ3n) is 4.63. The maximum absolute atomic E-state index is 13.0. The van der Waals surface area contributed by atoms with Crippen LogP contribution in [0.15, 0.2) is 24.3 Å². The van der Waals surface area contributed by atoms with E-state index >= 15 is 0 Å². The van der Waals surface area contributed by atoms with Crippen LogP contribution in [0.3, 0.4) is 0 Å². The predicted molar refractivity (Wildman–Crippen MR) is 99.0 cm³/mol. The topological polar surface area (TPSA) is 68.5 Å². The summed E-state index contributed by atoms with van der Waals surface area (Å²) in [6.45, 7) is 6.19. The van der Waals surface area contributed by atoms with Crippen molar-refractivity contribution in [3.05, 3.63) is 57.5 Å². The van der Waals surface area contributed by atoms with E-state index in [2.05, 4.69) is 15.4 Å². The number of fused-ring (bicyclic) bond motifs is 2. The molecular weight excluding hydrogens is 352 g/mol. The highest BCUT2D eigenvalue weighted by Gasteiger charge is 2.27. The van der Waals surface area contributed by atoms with Gasteiger partial charge in [0, 0.05) is 23.4 Å². The van der Waals surface area contributed by atoms with E-state index in [1.54, 1.807) is 10.6 Å². The number of para-hydroxylation sites is 1.